The van der Waals surface area contributed by atoms with Crippen molar-refractivity contribution in [1.82, 2.24) is 14.5 Å². The van der Waals surface area contributed by atoms with E-state index in [0.717, 1.165) is 12.2 Å². The number of rotatable bonds is 7. The summed E-state index contributed by atoms with van der Waals surface area (Å²) in [6.07, 6.45) is -2.15. The van der Waals surface area contributed by atoms with E-state index in [1.807, 2.05) is 0 Å². The lowest BCUT2D eigenvalue weighted by molar-refractivity contribution is -0.136. The average molecular weight is 451 g/mol. The third-order valence-electron chi connectivity index (χ3n) is 4.78. The smallest absolute Gasteiger partial charge is 0.381 e. The van der Waals surface area contributed by atoms with Gasteiger partial charge < -0.3 is 19.4 Å². The second-order valence-corrected chi connectivity index (χ2v) is 14.4. The van der Waals surface area contributed by atoms with Gasteiger partial charge in [0, 0.05) is 40.1 Å². The van der Waals surface area contributed by atoms with E-state index in [4.69, 9.17) is 21.1 Å². The van der Waals surface area contributed by atoms with Gasteiger partial charge in [-0.2, -0.15) is 18.2 Å². The van der Waals surface area contributed by atoms with Crippen LogP contribution in [0, 0.1) is 0 Å². The highest BCUT2D eigenvalue weighted by molar-refractivity contribution is 6.76. The first-order valence-electron chi connectivity index (χ1n) is 9.60. The molecule has 0 atom stereocenters. The minimum absolute atomic E-state index is 0.0267. The summed E-state index contributed by atoms with van der Waals surface area (Å²) in [5, 5.41) is 2.92. The Morgan fingerprint density at radius 3 is 2.59 bits per heavy atom. The molecule has 2 aromatic rings. The van der Waals surface area contributed by atoms with Crippen molar-refractivity contribution in [2.24, 2.45) is 0 Å². The van der Waals surface area contributed by atoms with Crippen LogP contribution in [0.1, 0.15) is 18.4 Å². The number of hydrogen-bond donors (Lipinski definition) is 1. The van der Waals surface area contributed by atoms with Crippen molar-refractivity contribution < 1.29 is 22.6 Å². The average Bonchev–Trinajstić information content (AvgIpc) is 2.98. The summed E-state index contributed by atoms with van der Waals surface area (Å²) in [6, 6.07) is 0.889. The normalized spacial score (nSPS) is 16.5. The van der Waals surface area contributed by atoms with Gasteiger partial charge in [0.25, 0.3) is 0 Å². The van der Waals surface area contributed by atoms with Crippen LogP contribution in [0.5, 0.6) is 0 Å². The molecule has 1 aliphatic rings. The first-order valence-corrected chi connectivity index (χ1v) is 13.7. The third kappa shape index (κ3) is 5.84. The zero-order valence-electron chi connectivity index (χ0n) is 16.8. The number of alkyl halides is 3. The minimum Gasteiger partial charge on any atom is -0.381 e. The molecule has 3 rings (SSSR count). The zero-order chi connectivity index (χ0) is 21.2. The summed E-state index contributed by atoms with van der Waals surface area (Å²) in [5.74, 6) is 0.0973. The van der Waals surface area contributed by atoms with Crippen molar-refractivity contribution in [3.8, 4) is 0 Å². The Kier molecular flexibility index (Phi) is 6.76. The first-order chi connectivity index (χ1) is 13.5. The Balaban J connectivity index is 1.93. The summed E-state index contributed by atoms with van der Waals surface area (Å²) in [6.45, 7) is 8.21. The largest absolute Gasteiger partial charge is 0.418 e. The molecule has 6 nitrogen and oxygen atoms in total. The van der Waals surface area contributed by atoms with Gasteiger partial charge in [-0.05, 0) is 30.5 Å². The predicted octanol–water partition coefficient (Wildman–Crippen LogP) is 5.01. The topological polar surface area (TPSA) is 61.2 Å². The van der Waals surface area contributed by atoms with Crippen LogP contribution in [0.15, 0.2) is 6.20 Å². The molecule has 162 valence electrons. The molecule has 0 radical (unpaired) electrons. The van der Waals surface area contributed by atoms with Crippen molar-refractivity contribution >= 4 is 36.5 Å². The monoisotopic (exact) mass is 450 g/mol. The molecule has 1 aliphatic heterocycles. The van der Waals surface area contributed by atoms with Crippen LogP contribution < -0.4 is 5.32 Å². The highest BCUT2D eigenvalue weighted by Crippen LogP contribution is 2.39. The van der Waals surface area contributed by atoms with Crippen molar-refractivity contribution in [2.45, 2.75) is 57.5 Å². The Hall–Kier alpha value is -1.36. The molecule has 2 aromatic heterocycles. The van der Waals surface area contributed by atoms with Crippen LogP contribution in [0.4, 0.5) is 19.0 Å². The van der Waals surface area contributed by atoms with E-state index in [0.29, 0.717) is 32.7 Å². The van der Waals surface area contributed by atoms with Gasteiger partial charge in [-0.3, -0.25) is 0 Å². The SMILES string of the molecule is C[Si](C)(C)CCOCn1cc(C(F)(F)F)c2c(NC3CCOCC3)nc(Cl)nc21. The van der Waals surface area contributed by atoms with Gasteiger partial charge >= 0.3 is 6.18 Å². The summed E-state index contributed by atoms with van der Waals surface area (Å²) < 4.78 is 53.6. The van der Waals surface area contributed by atoms with E-state index in [1.165, 1.54) is 4.57 Å². The Morgan fingerprint density at radius 2 is 1.97 bits per heavy atom. The molecule has 1 fully saturated rings. The van der Waals surface area contributed by atoms with Crippen LogP contribution in [-0.4, -0.2) is 48.5 Å². The van der Waals surface area contributed by atoms with Crippen LogP contribution >= 0.6 is 11.6 Å². The highest BCUT2D eigenvalue weighted by Gasteiger charge is 2.37. The molecule has 1 saturated heterocycles. The zero-order valence-corrected chi connectivity index (χ0v) is 18.5. The highest BCUT2D eigenvalue weighted by atomic mass is 35.5. The van der Waals surface area contributed by atoms with Gasteiger partial charge in [0.05, 0.1) is 10.9 Å². The Bertz CT molecular complexity index is 848. The molecule has 0 aliphatic carbocycles. The van der Waals surface area contributed by atoms with E-state index < -0.39 is 19.8 Å². The van der Waals surface area contributed by atoms with Gasteiger partial charge in [0.15, 0.2) is 0 Å². The maximum Gasteiger partial charge on any atom is 0.418 e. The van der Waals surface area contributed by atoms with E-state index in [1.54, 1.807) is 0 Å². The first kappa shape index (κ1) is 22.3. The summed E-state index contributed by atoms with van der Waals surface area (Å²) >= 11 is 6.04. The van der Waals surface area contributed by atoms with E-state index in [-0.39, 0.29) is 34.9 Å². The molecular weight excluding hydrogens is 425 g/mol. The van der Waals surface area contributed by atoms with E-state index >= 15 is 0 Å². The maximum absolute atomic E-state index is 13.7. The molecule has 0 unspecified atom stereocenters. The Morgan fingerprint density at radius 1 is 1.28 bits per heavy atom. The van der Waals surface area contributed by atoms with Gasteiger partial charge in [-0.1, -0.05) is 19.6 Å². The fourth-order valence-corrected chi connectivity index (χ4v) is 4.08. The number of ether oxygens (including phenoxy) is 2. The van der Waals surface area contributed by atoms with Crippen molar-refractivity contribution in [1.29, 1.82) is 0 Å². The molecule has 0 aromatic carbocycles. The second kappa shape index (κ2) is 8.79. The van der Waals surface area contributed by atoms with E-state index in [9.17, 15) is 13.2 Å². The number of halogens is 4. The fourth-order valence-electron chi connectivity index (χ4n) is 3.15. The van der Waals surface area contributed by atoms with Gasteiger partial charge in [0.2, 0.25) is 5.28 Å². The number of fused-ring (bicyclic) bond motifs is 1. The lowest BCUT2D eigenvalue weighted by atomic mass is 10.1. The van der Waals surface area contributed by atoms with Crippen LogP contribution in [-0.2, 0) is 22.4 Å². The van der Waals surface area contributed by atoms with Gasteiger partial charge in [0.1, 0.15) is 18.2 Å². The number of aromatic nitrogens is 3. The minimum atomic E-state index is -4.55. The standard InChI is InChI=1S/C18H26ClF3N4O2Si/c1-29(2,3)9-8-28-11-26-10-13(18(20,21)22)14-15(24-17(19)25-16(14)26)23-12-4-6-27-7-5-12/h10,12H,4-9,11H2,1-3H3,(H,23,24,25). The van der Waals surface area contributed by atoms with Crippen LogP contribution in [0.3, 0.4) is 0 Å². The lowest BCUT2D eigenvalue weighted by Crippen LogP contribution is -2.28. The van der Waals surface area contributed by atoms with Crippen LogP contribution in [0.2, 0.25) is 31.0 Å². The van der Waals surface area contributed by atoms with Crippen molar-refractivity contribution in [3.05, 3.63) is 17.0 Å². The van der Waals surface area contributed by atoms with Crippen LogP contribution in [0.25, 0.3) is 11.0 Å². The third-order valence-corrected chi connectivity index (χ3v) is 6.66. The maximum atomic E-state index is 13.7. The quantitative estimate of drug-likeness (QED) is 0.365. The molecule has 0 saturated carbocycles. The molecular formula is C18H26ClF3N4O2Si. The van der Waals surface area contributed by atoms with E-state index in [2.05, 4.69) is 34.9 Å². The summed E-state index contributed by atoms with van der Waals surface area (Å²) in [5.41, 5.74) is -0.688. The fraction of sp³-hybridized carbons (Fsp3) is 0.667. The molecule has 0 spiro atoms. The predicted molar refractivity (Wildman–Crippen MR) is 109 cm³/mol. The molecule has 29 heavy (non-hydrogen) atoms. The molecule has 11 heteroatoms. The van der Waals surface area contributed by atoms with Crippen molar-refractivity contribution in [3.63, 3.8) is 0 Å². The molecule has 0 amide bonds. The van der Waals surface area contributed by atoms with Gasteiger partial charge in [-0.15, -0.1) is 0 Å². The summed E-state index contributed by atoms with van der Waals surface area (Å²) in [4.78, 5) is 8.14. The Labute approximate surface area is 173 Å². The molecule has 1 N–H and O–H groups in total. The second-order valence-electron chi connectivity index (χ2n) is 8.43. The number of anilines is 1. The number of nitrogens with one attached hydrogen (secondary N) is 1. The summed E-state index contributed by atoms with van der Waals surface area (Å²) in [7, 11) is -1.30. The number of hydrogen-bond acceptors (Lipinski definition) is 5. The lowest BCUT2D eigenvalue weighted by Gasteiger charge is -2.24. The van der Waals surface area contributed by atoms with Crippen molar-refractivity contribution in [2.75, 3.05) is 25.1 Å². The molecule has 0 bridgehead atoms. The number of nitrogens with zero attached hydrogens (tertiary/aromatic N) is 3. The van der Waals surface area contributed by atoms with Gasteiger partial charge in [-0.25, -0.2) is 4.98 Å². The molecule has 3 heterocycles.